The number of thiophene rings is 1. The lowest BCUT2D eigenvalue weighted by Crippen LogP contribution is -2.21. The van der Waals surface area contributed by atoms with Gasteiger partial charge in [-0.05, 0) is 34.7 Å². The molecule has 3 aromatic rings. The summed E-state index contributed by atoms with van der Waals surface area (Å²) in [5.41, 5.74) is 2.25. The molecular weight excluding hydrogens is 306 g/mol. The van der Waals surface area contributed by atoms with E-state index in [0.717, 1.165) is 16.0 Å². The summed E-state index contributed by atoms with van der Waals surface area (Å²) in [4.78, 5) is 13.0. The summed E-state index contributed by atoms with van der Waals surface area (Å²) in [5, 5.41) is 9.14. The third-order valence-corrected chi connectivity index (χ3v) is 4.24. The second-order valence-corrected chi connectivity index (χ2v) is 6.02. The molecule has 5 heteroatoms. The van der Waals surface area contributed by atoms with Crippen LogP contribution >= 0.6 is 11.3 Å². The van der Waals surface area contributed by atoms with Crippen LogP contribution in [-0.4, -0.2) is 15.7 Å². The van der Waals surface area contributed by atoms with Gasteiger partial charge in [0.05, 0.1) is 6.54 Å². The van der Waals surface area contributed by atoms with Crippen molar-refractivity contribution in [1.82, 2.24) is 15.1 Å². The molecule has 4 nitrogen and oxygen atoms in total. The zero-order chi connectivity index (χ0) is 15.9. The molecule has 23 heavy (non-hydrogen) atoms. The van der Waals surface area contributed by atoms with Gasteiger partial charge in [0.1, 0.15) is 0 Å². The lowest BCUT2D eigenvalue weighted by Gasteiger charge is -2.10. The molecule has 0 aliphatic heterocycles. The van der Waals surface area contributed by atoms with Crippen LogP contribution in [0.4, 0.5) is 0 Å². The molecule has 0 spiro atoms. The predicted octanol–water partition coefficient (Wildman–Crippen LogP) is 3.32. The van der Waals surface area contributed by atoms with E-state index in [1.165, 1.54) is 0 Å². The molecule has 0 atom stereocenters. The minimum Gasteiger partial charge on any atom is -0.348 e. The van der Waals surface area contributed by atoms with E-state index in [9.17, 15) is 4.79 Å². The monoisotopic (exact) mass is 323 g/mol. The van der Waals surface area contributed by atoms with Crippen LogP contribution in [0.25, 0.3) is 6.08 Å². The fraction of sp³-hybridized carbons (Fsp3) is 0.111. The van der Waals surface area contributed by atoms with Crippen LogP contribution in [0.5, 0.6) is 0 Å². The van der Waals surface area contributed by atoms with Crippen molar-refractivity contribution in [2.45, 2.75) is 13.1 Å². The maximum Gasteiger partial charge on any atom is 0.244 e. The smallest absolute Gasteiger partial charge is 0.244 e. The second kappa shape index (κ2) is 7.56. The molecule has 3 rings (SSSR count). The van der Waals surface area contributed by atoms with Crippen LogP contribution in [0.15, 0.2) is 66.3 Å². The van der Waals surface area contributed by atoms with Gasteiger partial charge in [-0.1, -0.05) is 30.3 Å². The van der Waals surface area contributed by atoms with Gasteiger partial charge in [-0.2, -0.15) is 5.10 Å². The lowest BCUT2D eigenvalue weighted by molar-refractivity contribution is -0.116. The highest BCUT2D eigenvalue weighted by Gasteiger charge is 2.04. The summed E-state index contributed by atoms with van der Waals surface area (Å²) in [7, 11) is 0. The molecule has 0 saturated heterocycles. The third-order valence-electron chi connectivity index (χ3n) is 3.41. The van der Waals surface area contributed by atoms with Crippen molar-refractivity contribution in [1.29, 1.82) is 0 Å². The summed E-state index contributed by atoms with van der Waals surface area (Å²) >= 11 is 1.61. The molecule has 0 saturated carbocycles. The molecule has 1 N–H and O–H groups in total. The van der Waals surface area contributed by atoms with Crippen molar-refractivity contribution < 1.29 is 4.79 Å². The Hall–Kier alpha value is -2.66. The van der Waals surface area contributed by atoms with Gasteiger partial charge in [-0.15, -0.1) is 11.3 Å². The van der Waals surface area contributed by atoms with Gasteiger partial charge in [0.15, 0.2) is 0 Å². The SMILES string of the molecule is O=C(C=Cc1cccs1)NCc1ccccc1Cn1cccn1. The summed E-state index contributed by atoms with van der Waals surface area (Å²) in [5.74, 6) is -0.0905. The Morgan fingerprint density at radius 2 is 2.04 bits per heavy atom. The molecule has 0 aliphatic carbocycles. The van der Waals surface area contributed by atoms with Gasteiger partial charge in [-0.3, -0.25) is 9.48 Å². The van der Waals surface area contributed by atoms with Gasteiger partial charge in [0.25, 0.3) is 0 Å². The zero-order valence-electron chi connectivity index (χ0n) is 12.6. The van der Waals surface area contributed by atoms with Crippen molar-refractivity contribution >= 4 is 23.3 Å². The van der Waals surface area contributed by atoms with Crippen LogP contribution in [-0.2, 0) is 17.9 Å². The molecule has 0 aliphatic rings. The summed E-state index contributed by atoms with van der Waals surface area (Å²) < 4.78 is 1.87. The van der Waals surface area contributed by atoms with E-state index in [0.29, 0.717) is 13.1 Å². The third kappa shape index (κ3) is 4.40. The van der Waals surface area contributed by atoms with Crippen LogP contribution in [0.1, 0.15) is 16.0 Å². The number of carbonyl (C=O) groups is 1. The average Bonchev–Trinajstić information content (AvgIpc) is 3.25. The molecule has 116 valence electrons. The van der Waals surface area contributed by atoms with Crippen LogP contribution in [0, 0.1) is 0 Å². The molecular formula is C18H17N3OS. The molecule has 2 heterocycles. The first-order valence-corrected chi connectivity index (χ1v) is 8.23. The van der Waals surface area contributed by atoms with E-state index in [-0.39, 0.29) is 5.91 Å². The van der Waals surface area contributed by atoms with E-state index < -0.39 is 0 Å². The Kier molecular flexibility index (Phi) is 5.01. The van der Waals surface area contributed by atoms with E-state index >= 15 is 0 Å². The highest BCUT2D eigenvalue weighted by atomic mass is 32.1. The Morgan fingerprint density at radius 3 is 2.78 bits per heavy atom. The molecule has 0 unspecified atom stereocenters. The Balaban J connectivity index is 1.60. The Morgan fingerprint density at radius 1 is 1.17 bits per heavy atom. The predicted molar refractivity (Wildman–Crippen MR) is 93.0 cm³/mol. The number of rotatable bonds is 6. The number of carbonyl (C=O) groups excluding carboxylic acids is 1. The van der Waals surface area contributed by atoms with Gasteiger partial charge in [-0.25, -0.2) is 0 Å². The highest BCUT2D eigenvalue weighted by Crippen LogP contribution is 2.11. The number of aromatic nitrogens is 2. The van der Waals surface area contributed by atoms with Gasteiger partial charge in [0.2, 0.25) is 5.91 Å². The fourth-order valence-corrected chi connectivity index (χ4v) is 2.86. The van der Waals surface area contributed by atoms with Crippen molar-refractivity contribution in [3.8, 4) is 0 Å². The summed E-state index contributed by atoms with van der Waals surface area (Å²) in [6.45, 7) is 1.20. The minimum absolute atomic E-state index is 0.0905. The zero-order valence-corrected chi connectivity index (χ0v) is 13.4. The first-order valence-electron chi connectivity index (χ1n) is 7.35. The Bertz CT molecular complexity index is 776. The standard InChI is InChI=1S/C18H17N3OS/c22-18(9-8-17-7-3-12-23-17)19-13-15-5-1-2-6-16(15)14-21-11-4-10-20-21/h1-12H,13-14H2,(H,19,22). The molecule has 1 amide bonds. The second-order valence-electron chi connectivity index (χ2n) is 5.04. The number of nitrogens with one attached hydrogen (secondary N) is 1. The highest BCUT2D eigenvalue weighted by molar-refractivity contribution is 7.10. The fourth-order valence-electron chi connectivity index (χ4n) is 2.24. The summed E-state index contributed by atoms with van der Waals surface area (Å²) in [6.07, 6.45) is 7.09. The van der Waals surface area contributed by atoms with Crippen molar-refractivity contribution in [2.24, 2.45) is 0 Å². The Labute approximate surface area is 139 Å². The molecule has 0 fully saturated rings. The molecule has 0 radical (unpaired) electrons. The average molecular weight is 323 g/mol. The minimum atomic E-state index is -0.0905. The maximum absolute atomic E-state index is 11.9. The van der Waals surface area contributed by atoms with Gasteiger partial charge >= 0.3 is 0 Å². The largest absolute Gasteiger partial charge is 0.348 e. The quantitative estimate of drug-likeness (QED) is 0.707. The van der Waals surface area contributed by atoms with Crippen molar-refractivity contribution in [3.63, 3.8) is 0 Å². The molecule has 1 aromatic carbocycles. The van der Waals surface area contributed by atoms with Gasteiger partial charge in [0, 0.05) is 29.9 Å². The number of benzene rings is 1. The summed E-state index contributed by atoms with van der Waals surface area (Å²) in [6, 6.07) is 13.9. The van der Waals surface area contributed by atoms with Crippen molar-refractivity contribution in [3.05, 3.63) is 82.3 Å². The first kappa shape index (κ1) is 15.2. The van der Waals surface area contributed by atoms with E-state index in [4.69, 9.17) is 0 Å². The number of hydrogen-bond donors (Lipinski definition) is 1. The van der Waals surface area contributed by atoms with E-state index in [2.05, 4.69) is 16.5 Å². The first-order chi connectivity index (χ1) is 11.3. The number of hydrogen-bond acceptors (Lipinski definition) is 3. The number of amides is 1. The van der Waals surface area contributed by atoms with Crippen LogP contribution in [0.2, 0.25) is 0 Å². The van der Waals surface area contributed by atoms with E-state index in [1.54, 1.807) is 23.6 Å². The molecule has 2 aromatic heterocycles. The normalized spacial score (nSPS) is 11.0. The van der Waals surface area contributed by atoms with Crippen LogP contribution < -0.4 is 5.32 Å². The molecule has 0 bridgehead atoms. The number of nitrogens with zero attached hydrogens (tertiary/aromatic N) is 2. The van der Waals surface area contributed by atoms with Gasteiger partial charge < -0.3 is 5.32 Å². The maximum atomic E-state index is 11.9. The lowest BCUT2D eigenvalue weighted by atomic mass is 10.1. The van der Waals surface area contributed by atoms with Crippen molar-refractivity contribution in [2.75, 3.05) is 0 Å². The van der Waals surface area contributed by atoms with Crippen LogP contribution in [0.3, 0.4) is 0 Å². The van der Waals surface area contributed by atoms with E-state index in [1.807, 2.05) is 58.7 Å². The topological polar surface area (TPSA) is 46.9 Å².